The van der Waals surface area contributed by atoms with E-state index in [0.29, 0.717) is 19.3 Å². The van der Waals surface area contributed by atoms with E-state index < -0.39 is 151 Å². The highest BCUT2D eigenvalue weighted by atomic mass is 16.4. The summed E-state index contributed by atoms with van der Waals surface area (Å²) in [6.45, 7) is 4.62. The number of carbonyl (C=O) groups excluding carboxylic acids is 10. The number of aliphatic hydroxyl groups excluding tert-OH is 1. The standard InChI is InChI=1S/C41H74N16O15/c1-19(44)32(63)52-25(12-9-15-48-41(46)47)35(66)54-23(10-5-7-13-42)34(65)49-18-29(60)50-20(2)33(64)53-24(11-6-8-14-43)36(67)55-26(16-28(45)59)38(69)57-31(22(4)58)39(70)56-27(17-30(61)62)37(68)51-21(3)40(71)72/h19-27,31,58H,5-18,42-44H2,1-4H3,(H2,45,59)(H,49,65)(H,50,60)(H,51,68)(H,52,63)(H,53,64)(H,54,66)(H,55,67)(H,56,70)(H,57,69)(H,61,62)(H,71,72)(H4,46,47,48)/t19-,20-,21-,22+,23-,24-,25-,26-,27-,31-/m0/s1. The fourth-order valence-electron chi connectivity index (χ4n) is 6.18. The molecule has 0 saturated heterocycles. The van der Waals surface area contributed by atoms with Crippen molar-refractivity contribution in [2.24, 2.45) is 39.4 Å². The lowest BCUT2D eigenvalue weighted by Crippen LogP contribution is -2.61. The number of amides is 10. The SMILES string of the molecule is C[C@H](N)C(=O)N[C@@H](CCCN=C(N)N)C(=O)N[C@@H](CCCCN)C(=O)NCC(=O)N[C@@H](C)C(=O)N[C@@H](CCCCN)C(=O)N[C@@H](CC(N)=O)C(=O)N[C@H](C(=O)N[C@@H](CC(=O)O)C(=O)N[C@@H](C)C(=O)O)[C@@H](C)O. The third-order valence-electron chi connectivity index (χ3n) is 10.2. The zero-order valence-corrected chi connectivity index (χ0v) is 40.8. The number of primary amides is 1. The minimum atomic E-state index is -1.97. The molecule has 0 radical (unpaired) electrons. The van der Waals surface area contributed by atoms with Crippen LogP contribution in [0.4, 0.5) is 0 Å². The zero-order valence-electron chi connectivity index (χ0n) is 40.8. The molecular formula is C41H74N16O15. The van der Waals surface area contributed by atoms with Gasteiger partial charge in [0.25, 0.3) is 0 Å². The van der Waals surface area contributed by atoms with Gasteiger partial charge >= 0.3 is 11.9 Å². The number of carbonyl (C=O) groups is 12. The molecule has 0 aliphatic rings. The van der Waals surface area contributed by atoms with E-state index in [2.05, 4.69) is 42.2 Å². The summed E-state index contributed by atoms with van der Waals surface area (Å²) in [7, 11) is 0. The van der Waals surface area contributed by atoms with Crippen molar-refractivity contribution in [3.8, 4) is 0 Å². The van der Waals surface area contributed by atoms with Gasteiger partial charge < -0.3 is 97.6 Å². The molecule has 0 spiro atoms. The molecule has 0 fully saturated rings. The lowest BCUT2D eigenvalue weighted by Gasteiger charge is -2.27. The van der Waals surface area contributed by atoms with Crippen molar-refractivity contribution in [3.63, 3.8) is 0 Å². The summed E-state index contributed by atoms with van der Waals surface area (Å²) >= 11 is 0. The Bertz CT molecular complexity index is 1920. The van der Waals surface area contributed by atoms with Gasteiger partial charge in [-0.2, -0.15) is 0 Å². The number of nitrogens with two attached hydrogens (primary N) is 6. The molecule has 0 aliphatic carbocycles. The van der Waals surface area contributed by atoms with Crippen LogP contribution >= 0.6 is 0 Å². The summed E-state index contributed by atoms with van der Waals surface area (Å²) in [5.74, 6) is -13.3. The predicted molar refractivity (Wildman–Crippen MR) is 255 cm³/mol. The van der Waals surface area contributed by atoms with Gasteiger partial charge in [-0.05, 0) is 92.2 Å². The summed E-state index contributed by atoms with van der Waals surface area (Å²) < 4.78 is 0. The average molecular weight is 1030 g/mol. The van der Waals surface area contributed by atoms with Crippen molar-refractivity contribution in [1.82, 2.24) is 47.9 Å². The summed E-state index contributed by atoms with van der Waals surface area (Å²) in [6, 6.07) is -13.4. The summed E-state index contributed by atoms with van der Waals surface area (Å²) in [6.07, 6.45) is -1.98. The summed E-state index contributed by atoms with van der Waals surface area (Å²) in [4.78, 5) is 157. The van der Waals surface area contributed by atoms with Crippen molar-refractivity contribution in [3.05, 3.63) is 0 Å². The fourth-order valence-corrected chi connectivity index (χ4v) is 6.18. The Labute approximate surface area is 415 Å². The van der Waals surface area contributed by atoms with Crippen LogP contribution in [-0.2, 0) is 57.5 Å². The molecule has 0 heterocycles. The molecule has 0 saturated carbocycles. The molecule has 31 nitrogen and oxygen atoms in total. The van der Waals surface area contributed by atoms with Gasteiger partial charge in [-0.25, -0.2) is 0 Å². The second kappa shape index (κ2) is 34.1. The van der Waals surface area contributed by atoms with Crippen LogP contribution in [0, 0.1) is 0 Å². The number of aliphatic hydroxyl groups is 1. The Kier molecular flexibility index (Phi) is 30.7. The largest absolute Gasteiger partial charge is 0.481 e. The number of hydrogen-bond donors (Lipinski definition) is 18. The lowest BCUT2D eigenvalue weighted by molar-refractivity contribution is -0.143. The van der Waals surface area contributed by atoms with Gasteiger partial charge in [0.2, 0.25) is 59.1 Å². The normalized spacial score (nSPS) is 15.0. The van der Waals surface area contributed by atoms with Crippen LogP contribution in [0.5, 0.6) is 0 Å². The minimum Gasteiger partial charge on any atom is -0.481 e. The third kappa shape index (κ3) is 26.7. The number of guanidine groups is 1. The van der Waals surface area contributed by atoms with E-state index in [9.17, 15) is 67.7 Å². The maximum Gasteiger partial charge on any atom is 0.325 e. The molecule has 0 aromatic carbocycles. The molecule has 408 valence electrons. The number of nitrogens with zero attached hydrogens (tertiary/aromatic N) is 1. The second-order valence-electron chi connectivity index (χ2n) is 16.7. The Morgan fingerprint density at radius 2 is 0.944 bits per heavy atom. The van der Waals surface area contributed by atoms with Gasteiger partial charge in [-0.15, -0.1) is 0 Å². The van der Waals surface area contributed by atoms with Gasteiger partial charge in [0.1, 0.15) is 48.3 Å². The number of nitrogens with one attached hydrogen (secondary N) is 9. The molecule has 72 heavy (non-hydrogen) atoms. The summed E-state index contributed by atoms with van der Waals surface area (Å²) in [5, 5.41) is 49.4. The van der Waals surface area contributed by atoms with Crippen molar-refractivity contribution < 1.29 is 72.9 Å². The third-order valence-corrected chi connectivity index (χ3v) is 10.2. The number of carboxylic acid groups (broad SMARTS) is 2. The first-order valence-corrected chi connectivity index (χ1v) is 23.0. The molecule has 0 rings (SSSR count). The Morgan fingerprint density at radius 3 is 1.42 bits per heavy atom. The molecule has 31 heteroatoms. The van der Waals surface area contributed by atoms with E-state index in [1.165, 1.54) is 13.8 Å². The average Bonchev–Trinajstić information content (AvgIpc) is 3.28. The van der Waals surface area contributed by atoms with Gasteiger partial charge in [0.15, 0.2) is 5.96 Å². The first-order chi connectivity index (χ1) is 33.6. The van der Waals surface area contributed by atoms with E-state index in [1.54, 1.807) is 0 Å². The molecule has 0 bridgehead atoms. The minimum absolute atomic E-state index is 0.0622. The molecule has 24 N–H and O–H groups in total. The monoisotopic (exact) mass is 1030 g/mol. The molecule has 0 unspecified atom stereocenters. The van der Waals surface area contributed by atoms with Crippen LogP contribution in [0.2, 0.25) is 0 Å². The number of rotatable bonds is 36. The second-order valence-corrected chi connectivity index (χ2v) is 16.7. The molecule has 10 atom stereocenters. The van der Waals surface area contributed by atoms with Gasteiger partial charge in [-0.3, -0.25) is 62.5 Å². The predicted octanol–water partition coefficient (Wildman–Crippen LogP) is -8.50. The Hall–Kier alpha value is -7.25. The Balaban J connectivity index is 6.10. The van der Waals surface area contributed by atoms with Crippen LogP contribution in [0.25, 0.3) is 0 Å². The highest BCUT2D eigenvalue weighted by molar-refractivity contribution is 5.99. The zero-order chi connectivity index (χ0) is 55.2. The van der Waals surface area contributed by atoms with E-state index >= 15 is 0 Å². The highest BCUT2D eigenvalue weighted by Gasteiger charge is 2.36. The number of aliphatic carboxylic acids is 2. The first-order valence-electron chi connectivity index (χ1n) is 23.0. The maximum atomic E-state index is 13.7. The van der Waals surface area contributed by atoms with Crippen LogP contribution in [0.1, 0.15) is 91.9 Å². The molecule has 0 aromatic heterocycles. The number of unbranched alkanes of at least 4 members (excludes halogenated alkanes) is 2. The lowest BCUT2D eigenvalue weighted by atomic mass is 10.1. The van der Waals surface area contributed by atoms with Crippen molar-refractivity contribution in [1.29, 1.82) is 0 Å². The van der Waals surface area contributed by atoms with Crippen molar-refractivity contribution in [2.75, 3.05) is 26.2 Å². The highest BCUT2D eigenvalue weighted by Crippen LogP contribution is 2.08. The van der Waals surface area contributed by atoms with Crippen LogP contribution < -0.4 is 82.3 Å². The van der Waals surface area contributed by atoms with Gasteiger partial charge in [0, 0.05) is 6.54 Å². The number of carboxylic acids is 2. The number of aliphatic imine (C=N–C) groups is 1. The van der Waals surface area contributed by atoms with Gasteiger partial charge in [0.05, 0.1) is 31.5 Å². The maximum absolute atomic E-state index is 13.7. The summed E-state index contributed by atoms with van der Waals surface area (Å²) in [5.41, 5.74) is 32.9. The van der Waals surface area contributed by atoms with Crippen molar-refractivity contribution in [2.45, 2.75) is 152 Å². The molecule has 0 aromatic rings. The molecular weight excluding hydrogens is 957 g/mol. The first kappa shape index (κ1) is 64.8. The molecule has 0 aliphatic heterocycles. The smallest absolute Gasteiger partial charge is 0.325 e. The van der Waals surface area contributed by atoms with Crippen LogP contribution in [0.15, 0.2) is 4.99 Å². The van der Waals surface area contributed by atoms with Crippen molar-refractivity contribution >= 4 is 77.0 Å². The number of hydrogen-bond acceptors (Lipinski definition) is 17. The van der Waals surface area contributed by atoms with E-state index in [0.717, 1.165) is 13.8 Å². The van der Waals surface area contributed by atoms with E-state index in [1.807, 2.05) is 10.6 Å². The van der Waals surface area contributed by atoms with Crippen LogP contribution in [0.3, 0.4) is 0 Å². The topological polar surface area (TPSA) is 542 Å². The van der Waals surface area contributed by atoms with Gasteiger partial charge in [-0.1, -0.05) is 0 Å². The fraction of sp³-hybridized carbons (Fsp3) is 0.683. The quantitative estimate of drug-likeness (QED) is 0.0157. The van der Waals surface area contributed by atoms with E-state index in [-0.39, 0.29) is 57.7 Å². The van der Waals surface area contributed by atoms with Crippen LogP contribution in [-0.4, -0.2) is 179 Å². The molecule has 10 amide bonds. The van der Waals surface area contributed by atoms with E-state index in [4.69, 9.17) is 39.5 Å². The Morgan fingerprint density at radius 1 is 0.500 bits per heavy atom.